The van der Waals surface area contributed by atoms with Crippen molar-refractivity contribution in [3.8, 4) is 10.6 Å². The largest absolute Gasteiger partial charge is 0.452 e. The maximum atomic E-state index is 13.6. The molecule has 0 aliphatic rings. The molecule has 27 heavy (non-hydrogen) atoms. The first kappa shape index (κ1) is 18.7. The number of rotatable bonds is 6. The average molecular weight is 385 g/mol. The number of thiazole rings is 1. The Hall–Kier alpha value is -3.13. The summed E-state index contributed by atoms with van der Waals surface area (Å²) in [6, 6.07) is 9.45. The van der Waals surface area contributed by atoms with Gasteiger partial charge in [-0.2, -0.15) is 0 Å². The summed E-state index contributed by atoms with van der Waals surface area (Å²) in [5.41, 5.74) is 1.44. The second-order valence-corrected chi connectivity index (χ2v) is 6.52. The maximum absolute atomic E-state index is 13.6. The second-order valence-electron chi connectivity index (χ2n) is 5.66. The molecule has 2 heterocycles. The zero-order chi connectivity index (χ0) is 19.2. The summed E-state index contributed by atoms with van der Waals surface area (Å²) in [6.07, 6.45) is 2.24. The van der Waals surface area contributed by atoms with Crippen LogP contribution < -0.4 is 5.32 Å². The fourth-order valence-corrected chi connectivity index (χ4v) is 3.06. The lowest BCUT2D eigenvalue weighted by atomic mass is 10.2. The standard InChI is InChI=1S/C19H16FN3O3S/c1-12(18(25)23-16-7-3-2-6-15(16)20)26-17(24)9-14-11-27-19(22-14)13-5-4-8-21-10-13/h2-8,10-12H,9H2,1H3,(H,23,25)/t12-/m1/s1. The molecule has 2 aromatic heterocycles. The van der Waals surface area contributed by atoms with Crippen molar-refractivity contribution in [3.05, 3.63) is 65.7 Å². The molecule has 0 spiro atoms. The van der Waals surface area contributed by atoms with Gasteiger partial charge in [0, 0.05) is 23.3 Å². The molecular formula is C19H16FN3O3S. The van der Waals surface area contributed by atoms with Gasteiger partial charge in [-0.05, 0) is 31.2 Å². The predicted molar refractivity (Wildman–Crippen MR) is 99.6 cm³/mol. The van der Waals surface area contributed by atoms with E-state index in [1.165, 1.54) is 36.5 Å². The van der Waals surface area contributed by atoms with Crippen LogP contribution in [0.5, 0.6) is 0 Å². The van der Waals surface area contributed by atoms with Crippen molar-refractivity contribution in [3.63, 3.8) is 0 Å². The number of para-hydroxylation sites is 1. The molecule has 1 N–H and O–H groups in total. The third-order valence-corrected chi connectivity index (χ3v) is 4.54. The van der Waals surface area contributed by atoms with Gasteiger partial charge in [-0.15, -0.1) is 11.3 Å². The van der Waals surface area contributed by atoms with Gasteiger partial charge in [-0.25, -0.2) is 9.37 Å². The smallest absolute Gasteiger partial charge is 0.312 e. The van der Waals surface area contributed by atoms with Gasteiger partial charge in [-0.3, -0.25) is 14.6 Å². The van der Waals surface area contributed by atoms with Crippen molar-refractivity contribution in [2.24, 2.45) is 0 Å². The van der Waals surface area contributed by atoms with Crippen LogP contribution in [0.2, 0.25) is 0 Å². The van der Waals surface area contributed by atoms with Crippen LogP contribution >= 0.6 is 11.3 Å². The zero-order valence-corrected chi connectivity index (χ0v) is 15.2. The lowest BCUT2D eigenvalue weighted by molar-refractivity contribution is -0.152. The molecule has 1 atom stereocenters. The van der Waals surface area contributed by atoms with Crippen molar-refractivity contribution in [2.75, 3.05) is 5.32 Å². The van der Waals surface area contributed by atoms with E-state index in [-0.39, 0.29) is 12.1 Å². The highest BCUT2D eigenvalue weighted by molar-refractivity contribution is 7.13. The molecule has 0 saturated heterocycles. The van der Waals surface area contributed by atoms with Gasteiger partial charge >= 0.3 is 5.97 Å². The summed E-state index contributed by atoms with van der Waals surface area (Å²) < 4.78 is 18.7. The van der Waals surface area contributed by atoms with Crippen LogP contribution in [0.15, 0.2) is 54.2 Å². The van der Waals surface area contributed by atoms with E-state index in [1.807, 2.05) is 6.07 Å². The number of ether oxygens (including phenoxy) is 1. The first-order chi connectivity index (χ1) is 13.0. The molecule has 1 aromatic carbocycles. The monoisotopic (exact) mass is 385 g/mol. The summed E-state index contributed by atoms with van der Waals surface area (Å²) in [4.78, 5) is 32.5. The highest BCUT2D eigenvalue weighted by atomic mass is 32.1. The molecule has 0 radical (unpaired) electrons. The van der Waals surface area contributed by atoms with Crippen molar-refractivity contribution in [2.45, 2.75) is 19.4 Å². The van der Waals surface area contributed by atoms with Crippen molar-refractivity contribution >= 4 is 28.9 Å². The van der Waals surface area contributed by atoms with Gasteiger partial charge < -0.3 is 10.1 Å². The molecular weight excluding hydrogens is 369 g/mol. The molecule has 0 aliphatic carbocycles. The maximum Gasteiger partial charge on any atom is 0.312 e. The highest BCUT2D eigenvalue weighted by Gasteiger charge is 2.20. The van der Waals surface area contributed by atoms with Crippen LogP contribution in [0.4, 0.5) is 10.1 Å². The van der Waals surface area contributed by atoms with E-state index in [1.54, 1.807) is 29.9 Å². The van der Waals surface area contributed by atoms with Crippen molar-refractivity contribution in [1.29, 1.82) is 0 Å². The van der Waals surface area contributed by atoms with Crippen LogP contribution in [0, 0.1) is 5.82 Å². The van der Waals surface area contributed by atoms with Crippen molar-refractivity contribution in [1.82, 2.24) is 9.97 Å². The fourth-order valence-electron chi connectivity index (χ4n) is 2.25. The number of halogens is 1. The van der Waals surface area contributed by atoms with E-state index in [9.17, 15) is 14.0 Å². The van der Waals surface area contributed by atoms with Crippen LogP contribution in [0.25, 0.3) is 10.6 Å². The Labute approximate surface area is 159 Å². The molecule has 0 aliphatic heterocycles. The van der Waals surface area contributed by atoms with Gasteiger partial charge in [-0.1, -0.05) is 12.1 Å². The van der Waals surface area contributed by atoms with Gasteiger partial charge in [0.1, 0.15) is 10.8 Å². The summed E-state index contributed by atoms with van der Waals surface area (Å²) in [5.74, 6) is -1.76. The number of esters is 1. The zero-order valence-electron chi connectivity index (χ0n) is 14.4. The average Bonchev–Trinajstić information content (AvgIpc) is 3.12. The number of nitrogens with zero attached hydrogens (tertiary/aromatic N) is 2. The van der Waals surface area contributed by atoms with Crippen LogP contribution in [-0.2, 0) is 20.7 Å². The Morgan fingerprint density at radius 3 is 2.81 bits per heavy atom. The Balaban J connectivity index is 1.55. The Morgan fingerprint density at radius 2 is 2.07 bits per heavy atom. The molecule has 1 amide bonds. The third kappa shape index (κ3) is 4.95. The number of aromatic nitrogens is 2. The number of benzene rings is 1. The molecule has 138 valence electrons. The van der Waals surface area contributed by atoms with E-state index in [2.05, 4.69) is 15.3 Å². The normalized spacial score (nSPS) is 11.6. The number of pyridine rings is 1. The van der Waals surface area contributed by atoms with Crippen molar-refractivity contribution < 1.29 is 18.7 Å². The van der Waals surface area contributed by atoms with E-state index in [4.69, 9.17) is 4.74 Å². The minimum Gasteiger partial charge on any atom is -0.452 e. The molecule has 3 rings (SSSR count). The number of hydrogen-bond acceptors (Lipinski definition) is 6. The quantitative estimate of drug-likeness (QED) is 0.657. The van der Waals surface area contributed by atoms with E-state index in [0.29, 0.717) is 5.69 Å². The van der Waals surface area contributed by atoms with Gasteiger partial charge in [0.25, 0.3) is 5.91 Å². The summed E-state index contributed by atoms with van der Waals surface area (Å²) in [6.45, 7) is 1.43. The highest BCUT2D eigenvalue weighted by Crippen LogP contribution is 2.23. The minimum atomic E-state index is -1.06. The van der Waals surface area contributed by atoms with E-state index < -0.39 is 23.8 Å². The topological polar surface area (TPSA) is 81.2 Å². The first-order valence-corrected chi connectivity index (χ1v) is 9.00. The van der Waals surface area contributed by atoms with Crippen LogP contribution in [0.3, 0.4) is 0 Å². The predicted octanol–water partition coefficient (Wildman–Crippen LogP) is 3.46. The lowest BCUT2D eigenvalue weighted by Gasteiger charge is -2.13. The van der Waals surface area contributed by atoms with Gasteiger partial charge in [0.2, 0.25) is 0 Å². The van der Waals surface area contributed by atoms with E-state index >= 15 is 0 Å². The van der Waals surface area contributed by atoms with Gasteiger partial charge in [0.15, 0.2) is 6.10 Å². The Bertz CT molecular complexity index is 946. The molecule has 3 aromatic rings. The Morgan fingerprint density at radius 1 is 1.26 bits per heavy atom. The SMILES string of the molecule is C[C@@H](OC(=O)Cc1csc(-c2cccnc2)n1)C(=O)Nc1ccccc1F. The Kier molecular flexibility index (Phi) is 5.87. The molecule has 0 unspecified atom stereocenters. The molecule has 0 saturated carbocycles. The second kappa shape index (κ2) is 8.50. The molecule has 0 bridgehead atoms. The number of hydrogen-bond donors (Lipinski definition) is 1. The summed E-state index contributed by atoms with van der Waals surface area (Å²) in [7, 11) is 0. The number of amides is 1. The summed E-state index contributed by atoms with van der Waals surface area (Å²) in [5, 5.41) is 4.90. The number of nitrogens with one attached hydrogen (secondary N) is 1. The van der Waals surface area contributed by atoms with Crippen LogP contribution in [0.1, 0.15) is 12.6 Å². The molecule has 0 fully saturated rings. The minimum absolute atomic E-state index is 0.0333. The molecule has 6 nitrogen and oxygen atoms in total. The van der Waals surface area contributed by atoms with E-state index in [0.717, 1.165) is 10.6 Å². The lowest BCUT2D eigenvalue weighted by Crippen LogP contribution is -2.30. The third-order valence-electron chi connectivity index (χ3n) is 3.59. The first-order valence-electron chi connectivity index (χ1n) is 8.12. The number of carbonyl (C=O) groups excluding carboxylic acids is 2. The number of carbonyl (C=O) groups is 2. The number of anilines is 1. The summed E-state index contributed by atoms with van der Waals surface area (Å²) >= 11 is 1.39. The van der Waals surface area contributed by atoms with Gasteiger partial charge in [0.05, 0.1) is 17.8 Å². The van der Waals surface area contributed by atoms with Crippen LogP contribution in [-0.4, -0.2) is 27.9 Å². The fraction of sp³-hybridized carbons (Fsp3) is 0.158. The molecule has 8 heteroatoms.